The highest BCUT2D eigenvalue weighted by Crippen LogP contribution is 2.28. The highest BCUT2D eigenvalue weighted by molar-refractivity contribution is 5.64. The number of non-ortho nitro benzene ring substituents is 1. The standard InChI is InChI=1S/C13H14N2O3/c1-9-8-10(15(16)17)2-4-12(9)13-5-3-11(18-13)6-7-14/h2-5,8H,6-7,14H2,1H3. The van der Waals surface area contributed by atoms with Gasteiger partial charge in [-0.2, -0.15) is 0 Å². The predicted molar refractivity (Wildman–Crippen MR) is 68.3 cm³/mol. The van der Waals surface area contributed by atoms with Crippen molar-refractivity contribution in [2.24, 2.45) is 5.73 Å². The predicted octanol–water partition coefficient (Wildman–Crippen LogP) is 2.66. The Balaban J connectivity index is 2.35. The Morgan fingerprint density at radius 1 is 1.33 bits per heavy atom. The normalized spacial score (nSPS) is 10.6. The molecule has 2 aromatic rings. The lowest BCUT2D eigenvalue weighted by Crippen LogP contribution is -2.01. The van der Waals surface area contributed by atoms with Gasteiger partial charge in [-0.05, 0) is 37.2 Å². The van der Waals surface area contributed by atoms with Crippen molar-refractivity contribution >= 4 is 5.69 Å². The van der Waals surface area contributed by atoms with E-state index < -0.39 is 4.92 Å². The van der Waals surface area contributed by atoms with Gasteiger partial charge in [-0.25, -0.2) is 0 Å². The van der Waals surface area contributed by atoms with Gasteiger partial charge in [0.1, 0.15) is 11.5 Å². The summed E-state index contributed by atoms with van der Waals surface area (Å²) in [6.07, 6.45) is 0.687. The van der Waals surface area contributed by atoms with Gasteiger partial charge in [-0.15, -0.1) is 0 Å². The molecule has 0 saturated carbocycles. The molecule has 1 heterocycles. The van der Waals surface area contributed by atoms with Crippen molar-refractivity contribution in [3.8, 4) is 11.3 Å². The Morgan fingerprint density at radius 3 is 2.72 bits per heavy atom. The van der Waals surface area contributed by atoms with E-state index in [0.29, 0.717) is 18.7 Å². The number of aryl methyl sites for hydroxylation is 1. The maximum absolute atomic E-state index is 10.7. The zero-order chi connectivity index (χ0) is 13.1. The van der Waals surface area contributed by atoms with Crippen molar-refractivity contribution in [1.29, 1.82) is 0 Å². The van der Waals surface area contributed by atoms with Crippen molar-refractivity contribution in [3.63, 3.8) is 0 Å². The van der Waals surface area contributed by atoms with Gasteiger partial charge in [0, 0.05) is 24.1 Å². The number of nitro groups is 1. The molecule has 2 rings (SSSR count). The maximum Gasteiger partial charge on any atom is 0.269 e. The number of furan rings is 1. The second-order valence-corrected chi connectivity index (χ2v) is 4.06. The van der Waals surface area contributed by atoms with Crippen LogP contribution in [0.4, 0.5) is 5.69 Å². The van der Waals surface area contributed by atoms with E-state index in [-0.39, 0.29) is 5.69 Å². The summed E-state index contributed by atoms with van der Waals surface area (Å²) in [5.41, 5.74) is 7.23. The SMILES string of the molecule is Cc1cc([N+](=O)[O-])ccc1-c1ccc(CCN)o1. The minimum Gasteiger partial charge on any atom is -0.461 e. The van der Waals surface area contributed by atoms with E-state index in [9.17, 15) is 10.1 Å². The minimum atomic E-state index is -0.404. The van der Waals surface area contributed by atoms with Gasteiger partial charge in [0.05, 0.1) is 4.92 Å². The largest absolute Gasteiger partial charge is 0.461 e. The molecule has 94 valence electrons. The molecule has 0 spiro atoms. The first-order valence-corrected chi connectivity index (χ1v) is 5.66. The Kier molecular flexibility index (Phi) is 3.43. The van der Waals surface area contributed by atoms with Crippen molar-refractivity contribution in [2.45, 2.75) is 13.3 Å². The smallest absolute Gasteiger partial charge is 0.269 e. The first-order valence-electron chi connectivity index (χ1n) is 5.66. The lowest BCUT2D eigenvalue weighted by molar-refractivity contribution is -0.384. The molecular formula is C13H14N2O3. The summed E-state index contributed by atoms with van der Waals surface area (Å²) in [7, 11) is 0. The summed E-state index contributed by atoms with van der Waals surface area (Å²) in [6, 6.07) is 8.47. The van der Waals surface area contributed by atoms with E-state index in [0.717, 1.165) is 16.9 Å². The topological polar surface area (TPSA) is 82.3 Å². The van der Waals surface area contributed by atoms with Crippen LogP contribution in [0.15, 0.2) is 34.7 Å². The molecule has 0 fully saturated rings. The summed E-state index contributed by atoms with van der Waals surface area (Å²) in [5, 5.41) is 10.7. The Morgan fingerprint density at radius 2 is 2.11 bits per heavy atom. The van der Waals surface area contributed by atoms with Crippen LogP contribution in [-0.2, 0) is 6.42 Å². The van der Waals surface area contributed by atoms with Crippen molar-refractivity contribution in [3.05, 3.63) is 51.8 Å². The van der Waals surface area contributed by atoms with Crippen LogP contribution in [0.2, 0.25) is 0 Å². The fourth-order valence-electron chi connectivity index (χ4n) is 1.84. The molecule has 0 saturated heterocycles. The molecule has 18 heavy (non-hydrogen) atoms. The quantitative estimate of drug-likeness (QED) is 0.664. The van der Waals surface area contributed by atoms with Crippen LogP contribution >= 0.6 is 0 Å². The number of nitro benzene ring substituents is 1. The van der Waals surface area contributed by atoms with Crippen LogP contribution in [0.1, 0.15) is 11.3 Å². The molecule has 5 nitrogen and oxygen atoms in total. The van der Waals surface area contributed by atoms with Crippen LogP contribution in [-0.4, -0.2) is 11.5 Å². The fraction of sp³-hybridized carbons (Fsp3) is 0.231. The van der Waals surface area contributed by atoms with Gasteiger partial charge in [-0.3, -0.25) is 10.1 Å². The highest BCUT2D eigenvalue weighted by Gasteiger charge is 2.11. The van der Waals surface area contributed by atoms with Crippen molar-refractivity contribution in [2.75, 3.05) is 6.54 Å². The second-order valence-electron chi connectivity index (χ2n) is 4.06. The first-order chi connectivity index (χ1) is 8.61. The summed E-state index contributed by atoms with van der Waals surface area (Å²) in [6.45, 7) is 2.36. The van der Waals surface area contributed by atoms with E-state index in [1.807, 2.05) is 19.1 Å². The molecule has 0 aliphatic rings. The number of benzene rings is 1. The molecular weight excluding hydrogens is 232 g/mol. The molecule has 0 radical (unpaired) electrons. The number of hydrogen-bond donors (Lipinski definition) is 1. The maximum atomic E-state index is 10.7. The van der Waals surface area contributed by atoms with Crippen LogP contribution in [0.25, 0.3) is 11.3 Å². The number of nitrogens with zero attached hydrogens (tertiary/aromatic N) is 1. The molecule has 0 atom stereocenters. The minimum absolute atomic E-state index is 0.0880. The van der Waals surface area contributed by atoms with Crippen LogP contribution < -0.4 is 5.73 Å². The van der Waals surface area contributed by atoms with E-state index in [4.69, 9.17) is 10.2 Å². The molecule has 2 N–H and O–H groups in total. The lowest BCUT2D eigenvalue weighted by Gasteiger charge is -2.02. The van der Waals surface area contributed by atoms with Crippen molar-refractivity contribution < 1.29 is 9.34 Å². The fourth-order valence-corrected chi connectivity index (χ4v) is 1.84. The van der Waals surface area contributed by atoms with E-state index in [1.54, 1.807) is 12.1 Å². The Bertz CT molecular complexity index is 575. The number of hydrogen-bond acceptors (Lipinski definition) is 4. The first kappa shape index (κ1) is 12.3. The van der Waals surface area contributed by atoms with Gasteiger partial charge in [-0.1, -0.05) is 0 Å². The zero-order valence-electron chi connectivity index (χ0n) is 10.1. The van der Waals surface area contributed by atoms with Gasteiger partial charge in [0.25, 0.3) is 5.69 Å². The van der Waals surface area contributed by atoms with Gasteiger partial charge >= 0.3 is 0 Å². The van der Waals surface area contributed by atoms with Crippen LogP contribution in [0.3, 0.4) is 0 Å². The average molecular weight is 246 g/mol. The van der Waals surface area contributed by atoms with Crippen LogP contribution in [0, 0.1) is 17.0 Å². The summed E-state index contributed by atoms with van der Waals surface area (Å²) in [5.74, 6) is 1.54. The zero-order valence-corrected chi connectivity index (χ0v) is 10.1. The number of rotatable bonds is 4. The molecule has 0 amide bonds. The highest BCUT2D eigenvalue weighted by atomic mass is 16.6. The van der Waals surface area contributed by atoms with E-state index in [1.165, 1.54) is 6.07 Å². The van der Waals surface area contributed by atoms with E-state index >= 15 is 0 Å². The average Bonchev–Trinajstić information content (AvgIpc) is 2.77. The van der Waals surface area contributed by atoms with Gasteiger partial charge in [0.2, 0.25) is 0 Å². The molecule has 1 aromatic heterocycles. The number of nitrogens with two attached hydrogens (primary N) is 1. The third kappa shape index (κ3) is 2.41. The van der Waals surface area contributed by atoms with E-state index in [2.05, 4.69) is 0 Å². The monoisotopic (exact) mass is 246 g/mol. The summed E-state index contributed by atoms with van der Waals surface area (Å²) < 4.78 is 5.64. The van der Waals surface area contributed by atoms with Gasteiger partial charge < -0.3 is 10.2 Å². The van der Waals surface area contributed by atoms with Gasteiger partial charge in [0.15, 0.2) is 0 Å². The molecule has 0 aliphatic heterocycles. The second kappa shape index (κ2) is 5.01. The third-order valence-electron chi connectivity index (χ3n) is 2.74. The molecule has 0 bridgehead atoms. The summed E-state index contributed by atoms with van der Waals surface area (Å²) >= 11 is 0. The molecule has 1 aromatic carbocycles. The lowest BCUT2D eigenvalue weighted by atomic mass is 10.1. The third-order valence-corrected chi connectivity index (χ3v) is 2.74. The molecule has 0 unspecified atom stereocenters. The Labute approximate surface area is 104 Å². The summed E-state index contributed by atoms with van der Waals surface area (Å²) in [4.78, 5) is 10.3. The molecule has 0 aliphatic carbocycles. The molecule has 5 heteroatoms. The van der Waals surface area contributed by atoms with Crippen molar-refractivity contribution in [1.82, 2.24) is 0 Å². The Hall–Kier alpha value is -2.14. The van der Waals surface area contributed by atoms with Crippen LogP contribution in [0.5, 0.6) is 0 Å².